The summed E-state index contributed by atoms with van der Waals surface area (Å²) in [6, 6.07) is 8.85. The van der Waals surface area contributed by atoms with E-state index in [1.807, 2.05) is 0 Å². The summed E-state index contributed by atoms with van der Waals surface area (Å²) in [5.74, 6) is -0.0631. The predicted molar refractivity (Wildman–Crippen MR) is 91.4 cm³/mol. The molecule has 0 aliphatic carbocycles. The third-order valence-corrected chi connectivity index (χ3v) is 3.72. The number of carbonyl (C=O) groups is 1. The molecule has 0 aliphatic heterocycles. The summed E-state index contributed by atoms with van der Waals surface area (Å²) in [7, 11) is 0. The van der Waals surface area contributed by atoms with Crippen LogP contribution in [0.5, 0.6) is 5.75 Å². The Kier molecular flexibility index (Phi) is 5.57. The monoisotopic (exact) mass is 398 g/mol. The molecule has 0 bridgehead atoms. The third-order valence-electron chi connectivity index (χ3n) is 2.90. The SMILES string of the molecule is CCOc1ccc(Br)cc1C(=O)Nc1cc([N+](=O)[O-])ccc1Cl. The zero-order chi connectivity index (χ0) is 17.0. The Morgan fingerprint density at radius 1 is 1.35 bits per heavy atom. The first kappa shape index (κ1) is 17.2. The maximum absolute atomic E-state index is 12.5. The highest BCUT2D eigenvalue weighted by molar-refractivity contribution is 9.10. The van der Waals surface area contributed by atoms with E-state index in [2.05, 4.69) is 21.2 Å². The van der Waals surface area contributed by atoms with Crippen molar-refractivity contribution in [1.82, 2.24) is 0 Å². The summed E-state index contributed by atoms with van der Waals surface area (Å²) < 4.78 is 6.12. The van der Waals surface area contributed by atoms with Crippen molar-refractivity contribution in [2.75, 3.05) is 11.9 Å². The summed E-state index contributed by atoms with van der Waals surface area (Å²) in [5, 5.41) is 13.6. The minimum absolute atomic E-state index is 0.160. The van der Waals surface area contributed by atoms with Gasteiger partial charge in [-0.3, -0.25) is 14.9 Å². The number of hydrogen-bond donors (Lipinski definition) is 1. The van der Waals surface area contributed by atoms with Crippen molar-refractivity contribution in [2.24, 2.45) is 0 Å². The van der Waals surface area contributed by atoms with Crippen molar-refractivity contribution in [3.8, 4) is 5.75 Å². The van der Waals surface area contributed by atoms with Crippen LogP contribution in [0.3, 0.4) is 0 Å². The number of nitrogens with one attached hydrogen (secondary N) is 1. The first-order chi connectivity index (χ1) is 10.9. The fourth-order valence-corrected chi connectivity index (χ4v) is 2.40. The lowest BCUT2D eigenvalue weighted by Crippen LogP contribution is -2.14. The minimum Gasteiger partial charge on any atom is -0.493 e. The Morgan fingerprint density at radius 2 is 2.09 bits per heavy atom. The quantitative estimate of drug-likeness (QED) is 0.585. The maximum Gasteiger partial charge on any atom is 0.271 e. The van der Waals surface area contributed by atoms with Crippen LogP contribution in [0.2, 0.25) is 5.02 Å². The Balaban J connectivity index is 2.34. The van der Waals surface area contributed by atoms with Gasteiger partial charge in [0, 0.05) is 16.6 Å². The molecule has 0 atom stereocenters. The zero-order valence-corrected chi connectivity index (χ0v) is 14.3. The molecule has 8 heteroatoms. The molecule has 0 fully saturated rings. The van der Waals surface area contributed by atoms with Gasteiger partial charge in [0.05, 0.1) is 27.8 Å². The second-order valence-electron chi connectivity index (χ2n) is 4.45. The average molecular weight is 400 g/mol. The Bertz CT molecular complexity index is 767. The first-order valence-electron chi connectivity index (χ1n) is 6.60. The van der Waals surface area contributed by atoms with Gasteiger partial charge < -0.3 is 10.1 Å². The van der Waals surface area contributed by atoms with Crippen LogP contribution < -0.4 is 10.1 Å². The normalized spacial score (nSPS) is 10.2. The number of anilines is 1. The predicted octanol–water partition coefficient (Wildman–Crippen LogP) is 4.66. The summed E-state index contributed by atoms with van der Waals surface area (Å²) in [6.07, 6.45) is 0. The van der Waals surface area contributed by atoms with Gasteiger partial charge in [0.1, 0.15) is 5.75 Å². The van der Waals surface area contributed by atoms with Gasteiger partial charge in [-0.05, 0) is 31.2 Å². The summed E-state index contributed by atoms with van der Waals surface area (Å²) in [5.41, 5.74) is 0.293. The highest BCUT2D eigenvalue weighted by Crippen LogP contribution is 2.29. The minimum atomic E-state index is -0.559. The second-order valence-corrected chi connectivity index (χ2v) is 5.77. The fraction of sp³-hybridized carbons (Fsp3) is 0.133. The molecule has 0 saturated heterocycles. The van der Waals surface area contributed by atoms with Crippen molar-refractivity contribution >= 4 is 44.8 Å². The molecule has 0 radical (unpaired) electrons. The molecule has 0 heterocycles. The molecule has 2 aromatic rings. The van der Waals surface area contributed by atoms with Crippen molar-refractivity contribution in [3.05, 3.63) is 61.6 Å². The molecule has 0 aliphatic rings. The van der Waals surface area contributed by atoms with E-state index >= 15 is 0 Å². The number of nitro groups is 1. The number of nitro benzene ring substituents is 1. The van der Waals surface area contributed by atoms with Gasteiger partial charge in [-0.2, -0.15) is 0 Å². The van der Waals surface area contributed by atoms with Crippen LogP contribution in [0.1, 0.15) is 17.3 Å². The lowest BCUT2D eigenvalue weighted by molar-refractivity contribution is -0.384. The van der Waals surface area contributed by atoms with Crippen molar-refractivity contribution < 1.29 is 14.5 Å². The zero-order valence-electron chi connectivity index (χ0n) is 12.0. The summed E-state index contributed by atoms with van der Waals surface area (Å²) >= 11 is 9.28. The van der Waals surface area contributed by atoms with E-state index in [0.717, 1.165) is 0 Å². The number of amides is 1. The Labute approximate surface area is 145 Å². The van der Waals surface area contributed by atoms with Crippen LogP contribution in [0.15, 0.2) is 40.9 Å². The number of halogens is 2. The van der Waals surface area contributed by atoms with E-state index in [9.17, 15) is 14.9 Å². The second kappa shape index (κ2) is 7.43. The number of ether oxygens (including phenoxy) is 1. The van der Waals surface area contributed by atoms with Crippen molar-refractivity contribution in [3.63, 3.8) is 0 Å². The van der Waals surface area contributed by atoms with Gasteiger partial charge in [-0.1, -0.05) is 27.5 Å². The molecule has 120 valence electrons. The van der Waals surface area contributed by atoms with Gasteiger partial charge >= 0.3 is 0 Å². The molecule has 1 N–H and O–H groups in total. The van der Waals surface area contributed by atoms with E-state index in [1.165, 1.54) is 18.2 Å². The number of benzene rings is 2. The van der Waals surface area contributed by atoms with E-state index < -0.39 is 10.8 Å². The van der Waals surface area contributed by atoms with E-state index in [4.69, 9.17) is 16.3 Å². The molecule has 6 nitrogen and oxygen atoms in total. The van der Waals surface area contributed by atoms with Crippen molar-refractivity contribution in [1.29, 1.82) is 0 Å². The lowest BCUT2D eigenvalue weighted by Gasteiger charge is -2.12. The molecule has 23 heavy (non-hydrogen) atoms. The Hall–Kier alpha value is -2.12. The van der Waals surface area contributed by atoms with Gasteiger partial charge in [0.2, 0.25) is 0 Å². The molecule has 0 unspecified atom stereocenters. The molecular weight excluding hydrogens is 388 g/mol. The largest absolute Gasteiger partial charge is 0.493 e. The van der Waals surface area contributed by atoms with Crippen LogP contribution >= 0.6 is 27.5 Å². The first-order valence-corrected chi connectivity index (χ1v) is 7.77. The van der Waals surface area contributed by atoms with E-state index in [-0.39, 0.29) is 16.4 Å². The number of hydrogen-bond acceptors (Lipinski definition) is 4. The number of nitrogens with zero attached hydrogens (tertiary/aromatic N) is 1. The summed E-state index contributed by atoms with van der Waals surface area (Å²) in [6.45, 7) is 2.21. The van der Waals surface area contributed by atoms with Crippen LogP contribution in [0.4, 0.5) is 11.4 Å². The number of carbonyl (C=O) groups excluding carboxylic acids is 1. The van der Waals surface area contributed by atoms with Gasteiger partial charge in [0.15, 0.2) is 0 Å². The van der Waals surface area contributed by atoms with Gasteiger partial charge in [0.25, 0.3) is 11.6 Å². The highest BCUT2D eigenvalue weighted by atomic mass is 79.9. The van der Waals surface area contributed by atoms with Crippen molar-refractivity contribution in [2.45, 2.75) is 6.92 Å². The standard InChI is InChI=1S/C15H12BrClN2O4/c1-2-23-14-6-3-9(16)7-11(14)15(20)18-13-8-10(19(21)22)4-5-12(13)17/h3-8H,2H2,1H3,(H,18,20). The van der Waals surface area contributed by atoms with Crippen LogP contribution in [0, 0.1) is 10.1 Å². The van der Waals surface area contributed by atoms with Gasteiger partial charge in [-0.25, -0.2) is 0 Å². The molecule has 2 rings (SSSR count). The fourth-order valence-electron chi connectivity index (χ4n) is 1.87. The maximum atomic E-state index is 12.5. The van der Waals surface area contributed by atoms with E-state index in [1.54, 1.807) is 25.1 Å². The lowest BCUT2D eigenvalue weighted by atomic mass is 10.1. The molecule has 0 spiro atoms. The number of rotatable bonds is 5. The molecule has 0 saturated carbocycles. The third kappa shape index (κ3) is 4.20. The summed E-state index contributed by atoms with van der Waals surface area (Å²) in [4.78, 5) is 22.7. The highest BCUT2D eigenvalue weighted by Gasteiger charge is 2.17. The smallest absolute Gasteiger partial charge is 0.271 e. The van der Waals surface area contributed by atoms with E-state index in [0.29, 0.717) is 22.4 Å². The Morgan fingerprint density at radius 3 is 2.74 bits per heavy atom. The average Bonchev–Trinajstić information content (AvgIpc) is 2.51. The van der Waals surface area contributed by atoms with Crippen LogP contribution in [-0.2, 0) is 0 Å². The van der Waals surface area contributed by atoms with Crippen LogP contribution in [0.25, 0.3) is 0 Å². The topological polar surface area (TPSA) is 81.5 Å². The number of non-ortho nitro benzene ring substituents is 1. The molecular formula is C15H12BrClN2O4. The van der Waals surface area contributed by atoms with Crippen LogP contribution in [-0.4, -0.2) is 17.4 Å². The molecule has 1 amide bonds. The molecule has 2 aromatic carbocycles. The van der Waals surface area contributed by atoms with Gasteiger partial charge in [-0.15, -0.1) is 0 Å². The molecule has 0 aromatic heterocycles.